The number of anilines is 2. The first-order chi connectivity index (χ1) is 9.45. The van der Waals surface area contributed by atoms with Gasteiger partial charge in [-0.1, -0.05) is 18.9 Å². The topological polar surface area (TPSA) is 63.0 Å². The summed E-state index contributed by atoms with van der Waals surface area (Å²) in [4.78, 5) is 0. The van der Waals surface area contributed by atoms with Crippen LogP contribution < -0.4 is 10.6 Å². The van der Waals surface area contributed by atoms with Gasteiger partial charge in [-0.2, -0.15) is 0 Å². The summed E-state index contributed by atoms with van der Waals surface area (Å²) in [6.07, 6.45) is 0. The van der Waals surface area contributed by atoms with Crippen molar-refractivity contribution < 1.29 is 13.2 Å². The van der Waals surface area contributed by atoms with E-state index in [-0.39, 0.29) is 22.2 Å². The number of rotatable bonds is 5. The minimum Gasteiger partial charge on any atom is -0.406 e. The van der Waals surface area contributed by atoms with Crippen LogP contribution in [0, 0.1) is 11.6 Å². The fourth-order valence-corrected chi connectivity index (χ4v) is 1.74. The highest BCUT2D eigenvalue weighted by Crippen LogP contribution is 2.25. The van der Waals surface area contributed by atoms with Crippen molar-refractivity contribution in [3.05, 3.63) is 34.1 Å². The van der Waals surface area contributed by atoms with E-state index < -0.39 is 11.6 Å². The minimum absolute atomic E-state index is 0.0444. The minimum atomic E-state index is -0.745. The zero-order valence-electron chi connectivity index (χ0n) is 10.9. The van der Waals surface area contributed by atoms with Crippen LogP contribution in [0.15, 0.2) is 21.0 Å². The molecule has 1 aromatic heterocycles. The molecule has 8 heteroatoms. The predicted octanol–water partition coefficient (Wildman–Crippen LogP) is 3.35. The molecule has 0 aliphatic rings. The van der Waals surface area contributed by atoms with Crippen LogP contribution >= 0.6 is 15.9 Å². The Morgan fingerprint density at radius 1 is 1.25 bits per heavy atom. The first-order valence-corrected chi connectivity index (χ1v) is 6.72. The summed E-state index contributed by atoms with van der Waals surface area (Å²) in [5, 5.41) is 13.3. The number of benzene rings is 1. The molecule has 0 bridgehead atoms. The first-order valence-electron chi connectivity index (χ1n) is 5.93. The van der Waals surface area contributed by atoms with Gasteiger partial charge in [-0.3, -0.25) is 0 Å². The SMILES string of the molecule is CC(C)NCc1nnc(Nc2cc(Br)c(F)cc2F)o1. The van der Waals surface area contributed by atoms with Gasteiger partial charge < -0.3 is 15.1 Å². The van der Waals surface area contributed by atoms with Crippen LogP contribution in [0.1, 0.15) is 19.7 Å². The van der Waals surface area contributed by atoms with E-state index in [1.54, 1.807) is 0 Å². The van der Waals surface area contributed by atoms with Gasteiger partial charge in [0.25, 0.3) is 0 Å². The maximum Gasteiger partial charge on any atom is 0.320 e. The summed E-state index contributed by atoms with van der Waals surface area (Å²) in [7, 11) is 0. The Kier molecular flexibility index (Phi) is 4.66. The molecular weight excluding hydrogens is 334 g/mol. The molecular formula is C12H13BrF2N4O. The second-order valence-corrected chi connectivity index (χ2v) is 5.26. The molecule has 0 amide bonds. The highest BCUT2D eigenvalue weighted by molar-refractivity contribution is 9.10. The molecule has 20 heavy (non-hydrogen) atoms. The highest BCUT2D eigenvalue weighted by atomic mass is 79.9. The highest BCUT2D eigenvalue weighted by Gasteiger charge is 2.12. The Balaban J connectivity index is 2.09. The Hall–Kier alpha value is -1.54. The summed E-state index contributed by atoms with van der Waals surface area (Å²) in [6.45, 7) is 4.39. The van der Waals surface area contributed by atoms with Crippen LogP contribution in [0.2, 0.25) is 0 Å². The van der Waals surface area contributed by atoms with Gasteiger partial charge in [-0.05, 0) is 22.0 Å². The molecule has 2 rings (SSSR count). The van der Waals surface area contributed by atoms with E-state index in [4.69, 9.17) is 4.42 Å². The quantitative estimate of drug-likeness (QED) is 0.813. The number of hydrogen-bond acceptors (Lipinski definition) is 5. The fourth-order valence-electron chi connectivity index (χ4n) is 1.40. The zero-order valence-corrected chi connectivity index (χ0v) is 12.5. The molecule has 0 atom stereocenters. The second-order valence-electron chi connectivity index (χ2n) is 4.41. The van der Waals surface area contributed by atoms with Crippen molar-refractivity contribution in [1.82, 2.24) is 15.5 Å². The van der Waals surface area contributed by atoms with Gasteiger partial charge in [0.05, 0.1) is 16.7 Å². The molecule has 0 spiro atoms. The van der Waals surface area contributed by atoms with Crippen molar-refractivity contribution in [2.24, 2.45) is 0 Å². The van der Waals surface area contributed by atoms with Crippen molar-refractivity contribution in [3.8, 4) is 0 Å². The lowest BCUT2D eigenvalue weighted by molar-refractivity contribution is 0.460. The Morgan fingerprint density at radius 2 is 2.00 bits per heavy atom. The fraction of sp³-hybridized carbons (Fsp3) is 0.333. The van der Waals surface area contributed by atoms with E-state index in [9.17, 15) is 8.78 Å². The third-order valence-corrected chi connectivity index (χ3v) is 2.99. The Labute approximate surface area is 122 Å². The molecule has 0 unspecified atom stereocenters. The van der Waals surface area contributed by atoms with Gasteiger partial charge in [0.15, 0.2) is 0 Å². The molecule has 1 heterocycles. The van der Waals surface area contributed by atoms with Crippen molar-refractivity contribution >= 4 is 27.6 Å². The van der Waals surface area contributed by atoms with Gasteiger partial charge in [0.2, 0.25) is 5.89 Å². The molecule has 0 aliphatic heterocycles. The lowest BCUT2D eigenvalue weighted by atomic mass is 10.3. The molecule has 0 fully saturated rings. The molecule has 0 radical (unpaired) electrons. The second kappa shape index (κ2) is 6.27. The number of halogens is 3. The van der Waals surface area contributed by atoms with Crippen LogP contribution in [0.3, 0.4) is 0 Å². The van der Waals surface area contributed by atoms with E-state index in [0.29, 0.717) is 12.4 Å². The van der Waals surface area contributed by atoms with Crippen LogP contribution in [-0.4, -0.2) is 16.2 Å². The van der Waals surface area contributed by atoms with Crippen molar-refractivity contribution in [1.29, 1.82) is 0 Å². The molecule has 108 valence electrons. The van der Waals surface area contributed by atoms with E-state index >= 15 is 0 Å². The Bertz CT molecular complexity index is 603. The normalized spacial score (nSPS) is 11.1. The van der Waals surface area contributed by atoms with Gasteiger partial charge in [-0.25, -0.2) is 8.78 Å². The molecule has 0 saturated heterocycles. The summed E-state index contributed by atoms with van der Waals surface area (Å²) in [5.74, 6) is -1.05. The molecule has 5 nitrogen and oxygen atoms in total. The molecule has 0 saturated carbocycles. The van der Waals surface area contributed by atoms with Crippen LogP contribution in [0.4, 0.5) is 20.5 Å². The Morgan fingerprint density at radius 3 is 2.70 bits per heavy atom. The number of nitrogens with one attached hydrogen (secondary N) is 2. The van der Waals surface area contributed by atoms with Crippen LogP contribution in [0.5, 0.6) is 0 Å². The van der Waals surface area contributed by atoms with E-state index in [0.717, 1.165) is 6.07 Å². The monoisotopic (exact) mass is 346 g/mol. The van der Waals surface area contributed by atoms with E-state index in [1.807, 2.05) is 13.8 Å². The molecule has 2 N–H and O–H groups in total. The van der Waals surface area contributed by atoms with Gasteiger partial charge >= 0.3 is 6.01 Å². The van der Waals surface area contributed by atoms with Crippen molar-refractivity contribution in [3.63, 3.8) is 0 Å². The average Bonchev–Trinajstić information content (AvgIpc) is 2.81. The van der Waals surface area contributed by atoms with E-state index in [2.05, 4.69) is 36.8 Å². The van der Waals surface area contributed by atoms with Gasteiger partial charge in [0.1, 0.15) is 11.6 Å². The third kappa shape index (κ3) is 3.73. The maximum atomic E-state index is 13.6. The summed E-state index contributed by atoms with van der Waals surface area (Å²) in [6, 6.07) is 2.36. The smallest absolute Gasteiger partial charge is 0.320 e. The summed E-state index contributed by atoms with van der Waals surface area (Å²) < 4.78 is 32.1. The van der Waals surface area contributed by atoms with Crippen molar-refractivity contribution in [2.45, 2.75) is 26.4 Å². The third-order valence-electron chi connectivity index (χ3n) is 2.38. The van der Waals surface area contributed by atoms with E-state index in [1.165, 1.54) is 6.07 Å². The number of aromatic nitrogens is 2. The van der Waals surface area contributed by atoms with Gasteiger partial charge in [-0.15, -0.1) is 5.10 Å². The lowest BCUT2D eigenvalue weighted by Gasteiger charge is -2.05. The van der Waals surface area contributed by atoms with Crippen molar-refractivity contribution in [2.75, 3.05) is 5.32 Å². The molecule has 0 aliphatic carbocycles. The largest absolute Gasteiger partial charge is 0.406 e. The van der Waals surface area contributed by atoms with Crippen LogP contribution in [0.25, 0.3) is 0 Å². The number of hydrogen-bond donors (Lipinski definition) is 2. The zero-order chi connectivity index (χ0) is 14.7. The average molecular weight is 347 g/mol. The standard InChI is InChI=1S/C12H13BrF2N4O/c1-6(2)16-5-11-18-19-12(20-11)17-10-3-7(13)8(14)4-9(10)15/h3-4,6,16H,5H2,1-2H3,(H,17,19). The molecule has 1 aromatic carbocycles. The summed E-state index contributed by atoms with van der Waals surface area (Å²) in [5.41, 5.74) is 0.0466. The first kappa shape index (κ1) is 14.9. The predicted molar refractivity (Wildman–Crippen MR) is 73.6 cm³/mol. The number of nitrogens with zero attached hydrogens (tertiary/aromatic N) is 2. The lowest BCUT2D eigenvalue weighted by Crippen LogP contribution is -2.21. The maximum absolute atomic E-state index is 13.6. The molecule has 2 aromatic rings. The van der Waals surface area contributed by atoms with Gasteiger partial charge in [0, 0.05) is 12.1 Å². The summed E-state index contributed by atoms with van der Waals surface area (Å²) >= 11 is 2.98. The van der Waals surface area contributed by atoms with Crippen LogP contribution in [-0.2, 0) is 6.54 Å².